The Balaban J connectivity index is 2.30. The first-order chi connectivity index (χ1) is 8.13. The monoisotopic (exact) mass is 232 g/mol. The van der Waals surface area contributed by atoms with E-state index < -0.39 is 0 Å². The number of amides is 1. The minimum atomic E-state index is -0.278. The van der Waals surface area contributed by atoms with Crippen LogP contribution in [0.25, 0.3) is 0 Å². The van der Waals surface area contributed by atoms with Gasteiger partial charge in [-0.25, -0.2) is 0 Å². The molecule has 1 aromatic rings. The summed E-state index contributed by atoms with van der Waals surface area (Å²) in [4.78, 5) is 24.1. The molecule has 0 saturated carbocycles. The fraction of sp³-hybridized carbons (Fsp3) is 0.385. The van der Waals surface area contributed by atoms with Crippen LogP contribution in [0.15, 0.2) is 18.2 Å². The van der Waals surface area contributed by atoms with Gasteiger partial charge in [0.2, 0.25) is 5.91 Å². The molecule has 1 fully saturated rings. The summed E-state index contributed by atoms with van der Waals surface area (Å²) in [6.45, 7) is 2.73. The van der Waals surface area contributed by atoms with Gasteiger partial charge in [-0.1, -0.05) is 0 Å². The van der Waals surface area contributed by atoms with E-state index in [-0.39, 0.29) is 11.9 Å². The van der Waals surface area contributed by atoms with Crippen molar-refractivity contribution in [3.05, 3.63) is 29.3 Å². The van der Waals surface area contributed by atoms with Gasteiger partial charge in [0.05, 0.1) is 0 Å². The van der Waals surface area contributed by atoms with Gasteiger partial charge in [0, 0.05) is 17.8 Å². The van der Waals surface area contributed by atoms with E-state index in [1.807, 2.05) is 24.0 Å². The Morgan fingerprint density at radius 3 is 2.88 bits per heavy atom. The van der Waals surface area contributed by atoms with E-state index in [2.05, 4.69) is 0 Å². The second kappa shape index (κ2) is 4.57. The van der Waals surface area contributed by atoms with E-state index in [9.17, 15) is 9.59 Å². The Hall–Kier alpha value is -1.84. The molecule has 4 nitrogen and oxygen atoms in total. The van der Waals surface area contributed by atoms with Crippen LogP contribution in [0.2, 0.25) is 0 Å². The summed E-state index contributed by atoms with van der Waals surface area (Å²) in [5, 5.41) is 0. The Bertz CT molecular complexity index is 457. The summed E-state index contributed by atoms with van der Waals surface area (Å²) in [7, 11) is 0. The predicted octanol–water partition coefficient (Wildman–Crippen LogP) is 1.26. The zero-order valence-electron chi connectivity index (χ0n) is 9.85. The molecule has 1 aliphatic heterocycles. The van der Waals surface area contributed by atoms with Crippen LogP contribution in [0.5, 0.6) is 0 Å². The van der Waals surface area contributed by atoms with Crippen LogP contribution in [0, 0.1) is 6.92 Å². The molecule has 0 bridgehead atoms. The van der Waals surface area contributed by atoms with Gasteiger partial charge >= 0.3 is 0 Å². The van der Waals surface area contributed by atoms with Gasteiger partial charge in [0.1, 0.15) is 12.3 Å². The lowest BCUT2D eigenvalue weighted by Crippen LogP contribution is -2.40. The summed E-state index contributed by atoms with van der Waals surface area (Å²) in [6.07, 6.45) is 2.63. The average molecular weight is 232 g/mol. The molecule has 1 saturated heterocycles. The molecule has 1 atom stereocenters. The molecule has 4 heteroatoms. The standard InChI is InChI=1S/C13H16N2O2/c1-9-7-11(5-4-10(9)8-16)15-6-2-3-12(15)13(14)17/h4-5,7-8,12H,2-3,6H2,1H3,(H2,14,17). The molecule has 1 aliphatic rings. The summed E-state index contributed by atoms with van der Waals surface area (Å²) in [6, 6.07) is 5.38. The van der Waals surface area contributed by atoms with E-state index >= 15 is 0 Å². The maximum Gasteiger partial charge on any atom is 0.240 e. The Morgan fingerprint density at radius 1 is 1.53 bits per heavy atom. The summed E-state index contributed by atoms with van der Waals surface area (Å²) in [5.74, 6) is -0.278. The van der Waals surface area contributed by atoms with Crippen molar-refractivity contribution in [3.63, 3.8) is 0 Å². The SMILES string of the molecule is Cc1cc(N2CCCC2C(N)=O)ccc1C=O. The third-order valence-corrected chi connectivity index (χ3v) is 3.29. The summed E-state index contributed by atoms with van der Waals surface area (Å²) < 4.78 is 0. The van der Waals surface area contributed by atoms with Crippen LogP contribution in [0.1, 0.15) is 28.8 Å². The van der Waals surface area contributed by atoms with Gasteiger partial charge < -0.3 is 10.6 Å². The number of carbonyl (C=O) groups is 2. The van der Waals surface area contributed by atoms with Crippen molar-refractivity contribution in [2.75, 3.05) is 11.4 Å². The first-order valence-corrected chi connectivity index (χ1v) is 5.75. The highest BCUT2D eigenvalue weighted by molar-refractivity contribution is 5.85. The molecule has 1 heterocycles. The van der Waals surface area contributed by atoms with E-state index in [0.717, 1.165) is 36.9 Å². The normalized spacial score (nSPS) is 19.4. The van der Waals surface area contributed by atoms with Crippen LogP contribution in [0.4, 0.5) is 5.69 Å². The highest BCUT2D eigenvalue weighted by Crippen LogP contribution is 2.26. The first kappa shape index (κ1) is 11.6. The molecule has 0 radical (unpaired) electrons. The number of carbonyl (C=O) groups excluding carboxylic acids is 2. The molecule has 1 unspecified atom stereocenters. The highest BCUT2D eigenvalue weighted by Gasteiger charge is 2.29. The fourth-order valence-corrected chi connectivity index (χ4v) is 2.34. The maximum absolute atomic E-state index is 11.3. The quantitative estimate of drug-likeness (QED) is 0.798. The molecule has 0 aliphatic carbocycles. The number of primary amides is 1. The molecule has 1 aromatic carbocycles. The highest BCUT2D eigenvalue weighted by atomic mass is 16.1. The number of rotatable bonds is 3. The number of nitrogens with zero attached hydrogens (tertiary/aromatic N) is 1. The van der Waals surface area contributed by atoms with Gasteiger partial charge in [-0.15, -0.1) is 0 Å². The topological polar surface area (TPSA) is 63.4 Å². The van der Waals surface area contributed by atoms with Gasteiger partial charge in [-0.3, -0.25) is 9.59 Å². The van der Waals surface area contributed by atoms with Crippen LogP contribution in [-0.4, -0.2) is 24.8 Å². The van der Waals surface area contributed by atoms with Crippen molar-refractivity contribution in [3.8, 4) is 0 Å². The Morgan fingerprint density at radius 2 is 2.29 bits per heavy atom. The van der Waals surface area contributed by atoms with Gasteiger partial charge in [-0.2, -0.15) is 0 Å². The Kier molecular flexibility index (Phi) is 3.13. The molecule has 0 spiro atoms. The molecule has 2 N–H and O–H groups in total. The van der Waals surface area contributed by atoms with E-state index in [4.69, 9.17) is 5.73 Å². The number of nitrogens with two attached hydrogens (primary N) is 1. The smallest absolute Gasteiger partial charge is 0.240 e. The van der Waals surface area contributed by atoms with E-state index in [0.29, 0.717) is 5.56 Å². The maximum atomic E-state index is 11.3. The minimum absolute atomic E-state index is 0.212. The first-order valence-electron chi connectivity index (χ1n) is 5.75. The molecular formula is C13H16N2O2. The van der Waals surface area contributed by atoms with Gasteiger partial charge in [0.25, 0.3) is 0 Å². The van der Waals surface area contributed by atoms with Crippen LogP contribution in [0.3, 0.4) is 0 Å². The number of aldehydes is 1. The molecule has 2 rings (SSSR count). The fourth-order valence-electron chi connectivity index (χ4n) is 2.34. The predicted molar refractivity (Wildman–Crippen MR) is 66.1 cm³/mol. The van der Waals surface area contributed by atoms with Crippen LogP contribution >= 0.6 is 0 Å². The van der Waals surface area contributed by atoms with Gasteiger partial charge in [0.15, 0.2) is 0 Å². The summed E-state index contributed by atoms with van der Waals surface area (Å²) in [5.41, 5.74) is 7.96. The third-order valence-electron chi connectivity index (χ3n) is 3.29. The van der Waals surface area contributed by atoms with Crippen molar-refractivity contribution >= 4 is 17.9 Å². The largest absolute Gasteiger partial charge is 0.368 e. The van der Waals surface area contributed by atoms with Crippen molar-refractivity contribution in [2.24, 2.45) is 5.73 Å². The lowest BCUT2D eigenvalue weighted by molar-refractivity contribution is -0.119. The molecule has 17 heavy (non-hydrogen) atoms. The Labute approximate surface area is 100 Å². The number of hydrogen-bond donors (Lipinski definition) is 1. The average Bonchev–Trinajstić information content (AvgIpc) is 2.77. The van der Waals surface area contributed by atoms with Crippen LogP contribution in [-0.2, 0) is 4.79 Å². The van der Waals surface area contributed by atoms with Gasteiger partial charge in [-0.05, 0) is 43.5 Å². The zero-order chi connectivity index (χ0) is 12.4. The van der Waals surface area contributed by atoms with Crippen molar-refractivity contribution in [1.29, 1.82) is 0 Å². The number of benzene rings is 1. The second-order valence-corrected chi connectivity index (χ2v) is 4.41. The van der Waals surface area contributed by atoms with Crippen molar-refractivity contribution in [2.45, 2.75) is 25.8 Å². The molecular weight excluding hydrogens is 216 g/mol. The van der Waals surface area contributed by atoms with Crippen molar-refractivity contribution in [1.82, 2.24) is 0 Å². The van der Waals surface area contributed by atoms with Crippen LogP contribution < -0.4 is 10.6 Å². The molecule has 90 valence electrons. The zero-order valence-corrected chi connectivity index (χ0v) is 9.85. The lowest BCUT2D eigenvalue weighted by atomic mass is 10.1. The number of aryl methyl sites for hydroxylation is 1. The number of hydrogen-bond acceptors (Lipinski definition) is 3. The molecule has 0 aromatic heterocycles. The second-order valence-electron chi connectivity index (χ2n) is 4.41. The van der Waals surface area contributed by atoms with E-state index in [1.165, 1.54) is 0 Å². The number of anilines is 1. The molecule has 1 amide bonds. The van der Waals surface area contributed by atoms with E-state index in [1.54, 1.807) is 6.07 Å². The third kappa shape index (κ3) is 2.16. The lowest BCUT2D eigenvalue weighted by Gasteiger charge is -2.24. The van der Waals surface area contributed by atoms with Crippen molar-refractivity contribution < 1.29 is 9.59 Å². The summed E-state index contributed by atoms with van der Waals surface area (Å²) >= 11 is 0. The minimum Gasteiger partial charge on any atom is -0.368 e.